The third kappa shape index (κ3) is 2.50. The Morgan fingerprint density at radius 1 is 1.42 bits per heavy atom. The fraction of sp³-hybridized carbons (Fsp3) is 0.353. The SMILES string of the molecule is N#Cc1cc(Cn2cc(C(=O)O)cn2)cc(F)c1N1CC2CC2C1. The van der Waals surface area contributed by atoms with E-state index < -0.39 is 11.8 Å². The van der Waals surface area contributed by atoms with Gasteiger partial charge in [-0.3, -0.25) is 4.68 Å². The Labute approximate surface area is 137 Å². The van der Waals surface area contributed by atoms with Crippen molar-refractivity contribution in [1.29, 1.82) is 5.26 Å². The summed E-state index contributed by atoms with van der Waals surface area (Å²) in [6, 6.07) is 5.15. The lowest BCUT2D eigenvalue weighted by atomic mass is 10.1. The zero-order valence-corrected chi connectivity index (χ0v) is 12.8. The average molecular weight is 326 g/mol. The standard InChI is InChI=1S/C17H15FN4O2/c18-15-2-10(6-22-9-14(5-20-22)17(23)24)1-11(4-19)16(15)21-7-12-3-13(12)8-21/h1-2,5,9,12-13H,3,6-8H2,(H,23,24). The van der Waals surface area contributed by atoms with Crippen LogP contribution in [0.2, 0.25) is 0 Å². The van der Waals surface area contributed by atoms with Gasteiger partial charge in [0.1, 0.15) is 11.9 Å². The molecule has 1 aromatic heterocycles. The summed E-state index contributed by atoms with van der Waals surface area (Å²) in [4.78, 5) is 12.8. The van der Waals surface area contributed by atoms with Crippen molar-refractivity contribution in [3.63, 3.8) is 0 Å². The number of benzene rings is 1. The fourth-order valence-corrected chi connectivity index (χ4v) is 3.48. The van der Waals surface area contributed by atoms with Gasteiger partial charge in [-0.25, -0.2) is 9.18 Å². The molecule has 2 unspecified atom stereocenters. The molecule has 2 fully saturated rings. The highest BCUT2D eigenvalue weighted by Gasteiger charge is 2.46. The molecule has 0 spiro atoms. The lowest BCUT2D eigenvalue weighted by Gasteiger charge is -2.22. The van der Waals surface area contributed by atoms with Gasteiger partial charge in [-0.05, 0) is 36.0 Å². The summed E-state index contributed by atoms with van der Waals surface area (Å²) in [5.74, 6) is -0.174. The number of fused-ring (bicyclic) bond motifs is 1. The average Bonchev–Trinajstić information content (AvgIpc) is 2.96. The lowest BCUT2D eigenvalue weighted by molar-refractivity contribution is 0.0696. The number of hydrogen-bond acceptors (Lipinski definition) is 4. The van der Waals surface area contributed by atoms with Crippen LogP contribution in [0.5, 0.6) is 0 Å². The summed E-state index contributed by atoms with van der Waals surface area (Å²) >= 11 is 0. The van der Waals surface area contributed by atoms with E-state index in [0.717, 1.165) is 13.1 Å². The highest BCUT2D eigenvalue weighted by molar-refractivity contribution is 5.86. The Bertz CT molecular complexity index is 860. The molecule has 24 heavy (non-hydrogen) atoms. The number of piperidine rings is 1. The highest BCUT2D eigenvalue weighted by Crippen LogP contribution is 2.47. The third-order valence-electron chi connectivity index (χ3n) is 4.76. The van der Waals surface area contributed by atoms with Crippen molar-refractivity contribution in [3.8, 4) is 6.07 Å². The molecular formula is C17H15FN4O2. The van der Waals surface area contributed by atoms with Crippen LogP contribution in [0.3, 0.4) is 0 Å². The maximum absolute atomic E-state index is 14.6. The number of carboxylic acid groups (broad SMARTS) is 1. The van der Waals surface area contributed by atoms with Crippen LogP contribution in [-0.4, -0.2) is 33.9 Å². The van der Waals surface area contributed by atoms with Gasteiger partial charge in [0.25, 0.3) is 0 Å². The molecule has 1 aliphatic heterocycles. The maximum atomic E-state index is 14.6. The van der Waals surface area contributed by atoms with E-state index in [-0.39, 0.29) is 12.1 Å². The summed E-state index contributed by atoms with van der Waals surface area (Å²) in [5, 5.41) is 22.3. The van der Waals surface area contributed by atoms with E-state index >= 15 is 0 Å². The van der Waals surface area contributed by atoms with E-state index in [2.05, 4.69) is 11.2 Å². The second-order valence-corrected chi connectivity index (χ2v) is 6.48. The number of carbonyl (C=O) groups is 1. The molecule has 0 amide bonds. The van der Waals surface area contributed by atoms with Gasteiger partial charge in [0.15, 0.2) is 0 Å². The Kier molecular flexibility index (Phi) is 3.27. The predicted octanol–water partition coefficient (Wildman–Crippen LogP) is 2.10. The van der Waals surface area contributed by atoms with Gasteiger partial charge in [-0.2, -0.15) is 10.4 Å². The molecule has 7 heteroatoms. The monoisotopic (exact) mass is 326 g/mol. The minimum atomic E-state index is -1.06. The molecular weight excluding hydrogens is 311 g/mol. The Morgan fingerprint density at radius 2 is 2.17 bits per heavy atom. The maximum Gasteiger partial charge on any atom is 0.338 e. The molecule has 1 saturated carbocycles. The van der Waals surface area contributed by atoms with Gasteiger partial charge < -0.3 is 10.0 Å². The topological polar surface area (TPSA) is 82.1 Å². The van der Waals surface area contributed by atoms with Crippen LogP contribution in [0.1, 0.15) is 27.9 Å². The molecule has 2 aromatic rings. The molecule has 1 aromatic carbocycles. The quantitative estimate of drug-likeness (QED) is 0.930. The molecule has 0 radical (unpaired) electrons. The number of hydrogen-bond donors (Lipinski definition) is 1. The van der Waals surface area contributed by atoms with Gasteiger partial charge in [-0.15, -0.1) is 0 Å². The van der Waals surface area contributed by atoms with E-state index in [1.165, 1.54) is 29.6 Å². The van der Waals surface area contributed by atoms with Crippen molar-refractivity contribution in [2.24, 2.45) is 11.8 Å². The molecule has 0 bridgehead atoms. The van der Waals surface area contributed by atoms with Crippen LogP contribution in [0.25, 0.3) is 0 Å². The molecule has 6 nitrogen and oxygen atoms in total. The minimum Gasteiger partial charge on any atom is -0.478 e. The van der Waals surface area contributed by atoms with Crippen molar-refractivity contribution >= 4 is 11.7 Å². The Balaban J connectivity index is 1.61. The van der Waals surface area contributed by atoms with Crippen molar-refractivity contribution < 1.29 is 14.3 Å². The van der Waals surface area contributed by atoms with Gasteiger partial charge in [0.2, 0.25) is 0 Å². The molecule has 2 heterocycles. The van der Waals surface area contributed by atoms with E-state index in [4.69, 9.17) is 5.11 Å². The van der Waals surface area contributed by atoms with E-state index in [9.17, 15) is 14.4 Å². The molecule has 1 N–H and O–H groups in total. The fourth-order valence-electron chi connectivity index (χ4n) is 3.48. The van der Waals surface area contributed by atoms with Crippen molar-refractivity contribution in [2.75, 3.05) is 18.0 Å². The first-order valence-corrected chi connectivity index (χ1v) is 7.78. The summed E-state index contributed by atoms with van der Waals surface area (Å²) in [6.45, 7) is 1.85. The van der Waals surface area contributed by atoms with Crippen LogP contribution >= 0.6 is 0 Å². The number of nitrogens with zero attached hydrogens (tertiary/aromatic N) is 4. The number of halogens is 1. The summed E-state index contributed by atoms with van der Waals surface area (Å²) in [7, 11) is 0. The van der Waals surface area contributed by atoms with E-state index in [1.54, 1.807) is 6.07 Å². The first kappa shape index (κ1) is 14.7. The van der Waals surface area contributed by atoms with Gasteiger partial charge in [0, 0.05) is 19.3 Å². The second-order valence-electron chi connectivity index (χ2n) is 6.48. The first-order chi connectivity index (χ1) is 11.5. The Hall–Kier alpha value is -2.88. The van der Waals surface area contributed by atoms with Gasteiger partial charge in [0.05, 0.1) is 29.6 Å². The molecule has 1 aliphatic carbocycles. The van der Waals surface area contributed by atoms with Gasteiger partial charge in [-0.1, -0.05) is 0 Å². The lowest BCUT2D eigenvalue weighted by Crippen LogP contribution is -2.24. The number of rotatable bonds is 4. The van der Waals surface area contributed by atoms with E-state index in [1.807, 2.05) is 4.90 Å². The smallest absolute Gasteiger partial charge is 0.338 e. The first-order valence-electron chi connectivity index (χ1n) is 7.78. The molecule has 122 valence electrons. The van der Waals surface area contributed by atoms with Crippen molar-refractivity contribution in [3.05, 3.63) is 47.0 Å². The second kappa shape index (κ2) is 5.34. The summed E-state index contributed by atoms with van der Waals surface area (Å²) in [5.41, 5.74) is 1.36. The number of carboxylic acids is 1. The normalized spacial score (nSPS) is 21.4. The number of anilines is 1. The predicted molar refractivity (Wildman–Crippen MR) is 83.2 cm³/mol. The van der Waals surface area contributed by atoms with Crippen LogP contribution in [0.4, 0.5) is 10.1 Å². The van der Waals surface area contributed by atoms with Crippen LogP contribution in [0.15, 0.2) is 24.5 Å². The molecule has 2 atom stereocenters. The molecule has 1 saturated heterocycles. The summed E-state index contributed by atoms with van der Waals surface area (Å²) in [6.07, 6.45) is 3.84. The zero-order valence-electron chi connectivity index (χ0n) is 12.8. The van der Waals surface area contributed by atoms with Crippen molar-refractivity contribution in [1.82, 2.24) is 9.78 Å². The number of aromatic nitrogens is 2. The van der Waals surface area contributed by atoms with Crippen LogP contribution < -0.4 is 4.90 Å². The van der Waals surface area contributed by atoms with Gasteiger partial charge >= 0.3 is 5.97 Å². The third-order valence-corrected chi connectivity index (χ3v) is 4.76. The Morgan fingerprint density at radius 3 is 2.79 bits per heavy atom. The largest absolute Gasteiger partial charge is 0.478 e. The minimum absolute atomic E-state index is 0.0730. The van der Waals surface area contributed by atoms with E-state index in [0.29, 0.717) is 28.7 Å². The zero-order chi connectivity index (χ0) is 16.8. The number of aromatic carboxylic acids is 1. The van der Waals surface area contributed by atoms with Crippen LogP contribution in [-0.2, 0) is 6.54 Å². The molecule has 2 aliphatic rings. The molecule has 4 rings (SSSR count). The number of nitriles is 1. The highest BCUT2D eigenvalue weighted by atomic mass is 19.1. The summed E-state index contributed by atoms with van der Waals surface area (Å²) < 4.78 is 16.0. The van der Waals surface area contributed by atoms with Crippen LogP contribution in [0, 0.1) is 29.0 Å². The van der Waals surface area contributed by atoms with Crippen molar-refractivity contribution in [2.45, 2.75) is 13.0 Å².